The second-order valence-electron chi connectivity index (χ2n) is 5.18. The number of aromatic nitrogens is 1. The molecule has 3 rings (SSSR count). The third kappa shape index (κ3) is 3.33. The van der Waals surface area contributed by atoms with Gasteiger partial charge in [-0.3, -0.25) is 15.1 Å². The van der Waals surface area contributed by atoms with Crippen molar-refractivity contribution in [3.8, 4) is 5.69 Å². The third-order valence-electron chi connectivity index (χ3n) is 3.61. The molecule has 0 fully saturated rings. The largest absolute Gasteiger partial charge is 0.316 e. The van der Waals surface area contributed by atoms with Gasteiger partial charge in [0, 0.05) is 31.1 Å². The number of para-hydroxylation sites is 1. The minimum absolute atomic E-state index is 0.0740. The van der Waals surface area contributed by atoms with Gasteiger partial charge >= 0.3 is 0 Å². The molecule has 0 bridgehead atoms. The number of nitrogens with zero attached hydrogens (tertiary/aromatic N) is 4. The Hall–Kier alpha value is -3.41. The van der Waals surface area contributed by atoms with Crippen LogP contribution >= 0.6 is 0 Å². The summed E-state index contributed by atoms with van der Waals surface area (Å²) in [5.41, 5.74) is 2.79. The molecule has 2 aromatic carbocycles. The SMILES string of the molecule is CN(N=Cc1cccn1-c1ccc([N+](=O)[O-])cc1)c1ccccc1. The van der Waals surface area contributed by atoms with E-state index < -0.39 is 4.92 Å². The van der Waals surface area contributed by atoms with Gasteiger partial charge in [-0.15, -0.1) is 0 Å². The fraction of sp³-hybridized carbons (Fsp3) is 0.0556. The average Bonchev–Trinajstić information content (AvgIpc) is 3.09. The number of rotatable bonds is 5. The van der Waals surface area contributed by atoms with Crippen LogP contribution in [-0.4, -0.2) is 22.8 Å². The third-order valence-corrected chi connectivity index (χ3v) is 3.61. The predicted octanol–water partition coefficient (Wildman–Crippen LogP) is 3.86. The summed E-state index contributed by atoms with van der Waals surface area (Å²) >= 11 is 0. The summed E-state index contributed by atoms with van der Waals surface area (Å²) in [6, 6.07) is 20.1. The first-order chi connectivity index (χ1) is 11.6. The van der Waals surface area contributed by atoms with Crippen LogP contribution in [0, 0.1) is 10.1 Å². The lowest BCUT2D eigenvalue weighted by Crippen LogP contribution is -2.09. The Morgan fingerprint density at radius 3 is 2.42 bits per heavy atom. The van der Waals surface area contributed by atoms with Gasteiger partial charge in [0.1, 0.15) is 0 Å². The van der Waals surface area contributed by atoms with Crippen LogP contribution in [0.15, 0.2) is 78.0 Å². The van der Waals surface area contributed by atoms with E-state index in [1.54, 1.807) is 23.4 Å². The van der Waals surface area contributed by atoms with Crippen molar-refractivity contribution in [2.45, 2.75) is 0 Å². The van der Waals surface area contributed by atoms with Crippen LogP contribution in [0.1, 0.15) is 5.69 Å². The summed E-state index contributed by atoms with van der Waals surface area (Å²) in [5.74, 6) is 0. The second kappa shape index (κ2) is 6.78. The molecule has 0 saturated carbocycles. The standard InChI is InChI=1S/C18H16N4O2/c1-20(15-6-3-2-4-7-15)19-14-18-8-5-13-21(18)16-9-11-17(12-10-16)22(23)24/h2-14H,1H3. The fourth-order valence-corrected chi connectivity index (χ4v) is 2.33. The Labute approximate surface area is 139 Å². The zero-order valence-corrected chi connectivity index (χ0v) is 13.1. The number of nitro benzene ring substituents is 1. The monoisotopic (exact) mass is 320 g/mol. The maximum Gasteiger partial charge on any atom is 0.269 e. The quantitative estimate of drug-likeness (QED) is 0.407. The molecule has 0 atom stereocenters. The van der Waals surface area contributed by atoms with Crippen LogP contribution in [0.25, 0.3) is 5.69 Å². The number of hydrogen-bond donors (Lipinski definition) is 0. The molecular weight excluding hydrogens is 304 g/mol. The first kappa shape index (κ1) is 15.5. The zero-order valence-electron chi connectivity index (χ0n) is 13.1. The molecule has 0 aliphatic rings. The van der Waals surface area contributed by atoms with Gasteiger partial charge in [0.15, 0.2) is 0 Å². The Morgan fingerprint density at radius 2 is 1.75 bits per heavy atom. The zero-order chi connectivity index (χ0) is 16.9. The summed E-state index contributed by atoms with van der Waals surface area (Å²) in [4.78, 5) is 10.3. The molecule has 0 unspecified atom stereocenters. The molecule has 0 amide bonds. The van der Waals surface area contributed by atoms with Crippen LogP contribution in [0.3, 0.4) is 0 Å². The van der Waals surface area contributed by atoms with Gasteiger partial charge in [-0.05, 0) is 36.4 Å². The van der Waals surface area contributed by atoms with E-state index in [0.717, 1.165) is 17.1 Å². The molecule has 0 radical (unpaired) electrons. The van der Waals surface area contributed by atoms with Crippen LogP contribution in [0.5, 0.6) is 0 Å². The van der Waals surface area contributed by atoms with Crippen molar-refractivity contribution in [2.75, 3.05) is 12.1 Å². The molecular formula is C18H16N4O2. The highest BCUT2D eigenvalue weighted by atomic mass is 16.6. The number of hydrogen-bond acceptors (Lipinski definition) is 4. The molecule has 6 heteroatoms. The van der Waals surface area contributed by atoms with Crippen LogP contribution < -0.4 is 5.01 Å². The molecule has 0 aliphatic carbocycles. The summed E-state index contributed by atoms with van der Waals surface area (Å²) in [5, 5.41) is 17.0. The lowest BCUT2D eigenvalue weighted by atomic mass is 10.3. The van der Waals surface area contributed by atoms with E-state index in [4.69, 9.17) is 0 Å². The molecule has 6 nitrogen and oxygen atoms in total. The van der Waals surface area contributed by atoms with Crippen LogP contribution in [0.4, 0.5) is 11.4 Å². The second-order valence-corrected chi connectivity index (χ2v) is 5.18. The van der Waals surface area contributed by atoms with Crippen molar-refractivity contribution in [3.63, 3.8) is 0 Å². The average molecular weight is 320 g/mol. The van der Waals surface area contributed by atoms with Gasteiger partial charge < -0.3 is 4.57 Å². The van der Waals surface area contributed by atoms with E-state index in [0.29, 0.717) is 0 Å². The van der Waals surface area contributed by atoms with Gasteiger partial charge in [-0.1, -0.05) is 18.2 Å². The Bertz CT molecular complexity index is 854. The summed E-state index contributed by atoms with van der Waals surface area (Å²) in [6.45, 7) is 0. The van der Waals surface area contributed by atoms with Crippen molar-refractivity contribution in [2.24, 2.45) is 5.10 Å². The maximum atomic E-state index is 10.7. The first-order valence-electron chi connectivity index (χ1n) is 7.40. The maximum absolute atomic E-state index is 10.7. The molecule has 120 valence electrons. The van der Waals surface area contributed by atoms with E-state index >= 15 is 0 Å². The topological polar surface area (TPSA) is 63.7 Å². The smallest absolute Gasteiger partial charge is 0.269 e. The normalized spacial score (nSPS) is 10.9. The fourth-order valence-electron chi connectivity index (χ4n) is 2.33. The van der Waals surface area contributed by atoms with Gasteiger partial charge in [0.2, 0.25) is 0 Å². The van der Waals surface area contributed by atoms with E-state index in [1.165, 1.54) is 12.1 Å². The van der Waals surface area contributed by atoms with E-state index in [-0.39, 0.29) is 5.69 Å². The van der Waals surface area contributed by atoms with Gasteiger partial charge in [-0.2, -0.15) is 5.10 Å². The summed E-state index contributed by atoms with van der Waals surface area (Å²) in [6.07, 6.45) is 3.65. The van der Waals surface area contributed by atoms with Crippen molar-refractivity contribution in [3.05, 3.63) is 88.7 Å². The van der Waals surface area contributed by atoms with Gasteiger partial charge in [0.05, 0.1) is 22.5 Å². The highest BCUT2D eigenvalue weighted by Gasteiger charge is 2.06. The predicted molar refractivity (Wildman–Crippen MR) is 94.9 cm³/mol. The van der Waals surface area contributed by atoms with E-state index in [9.17, 15) is 10.1 Å². The molecule has 1 aromatic heterocycles. The molecule has 24 heavy (non-hydrogen) atoms. The number of non-ortho nitro benzene ring substituents is 1. The van der Waals surface area contributed by atoms with Crippen LogP contribution in [-0.2, 0) is 0 Å². The molecule has 0 saturated heterocycles. The molecule has 1 heterocycles. The molecule has 0 N–H and O–H groups in total. The number of anilines is 1. The number of hydrazone groups is 1. The Balaban J connectivity index is 1.82. The Morgan fingerprint density at radius 1 is 1.04 bits per heavy atom. The minimum Gasteiger partial charge on any atom is -0.316 e. The highest BCUT2D eigenvalue weighted by Crippen LogP contribution is 2.17. The first-order valence-corrected chi connectivity index (χ1v) is 7.40. The highest BCUT2D eigenvalue weighted by molar-refractivity contribution is 5.79. The Kier molecular flexibility index (Phi) is 4.38. The van der Waals surface area contributed by atoms with Crippen LogP contribution in [0.2, 0.25) is 0 Å². The summed E-state index contributed by atoms with van der Waals surface area (Å²) < 4.78 is 1.92. The number of benzene rings is 2. The van der Waals surface area contributed by atoms with Gasteiger partial charge in [0.25, 0.3) is 5.69 Å². The minimum atomic E-state index is -0.406. The molecule has 0 aliphatic heterocycles. The lowest BCUT2D eigenvalue weighted by molar-refractivity contribution is -0.384. The number of nitro groups is 1. The van der Waals surface area contributed by atoms with Crippen molar-refractivity contribution < 1.29 is 4.92 Å². The van der Waals surface area contributed by atoms with Crippen molar-refractivity contribution >= 4 is 17.6 Å². The van der Waals surface area contributed by atoms with E-state index in [1.807, 2.05) is 60.3 Å². The lowest BCUT2D eigenvalue weighted by Gasteiger charge is -2.12. The van der Waals surface area contributed by atoms with Crippen molar-refractivity contribution in [1.29, 1.82) is 0 Å². The van der Waals surface area contributed by atoms with E-state index in [2.05, 4.69) is 5.10 Å². The molecule has 0 spiro atoms. The van der Waals surface area contributed by atoms with Gasteiger partial charge in [-0.25, -0.2) is 0 Å². The molecule has 3 aromatic rings. The summed E-state index contributed by atoms with van der Waals surface area (Å²) in [7, 11) is 1.88. The van der Waals surface area contributed by atoms with Crippen molar-refractivity contribution in [1.82, 2.24) is 4.57 Å².